The number of hydrogen-bond acceptors (Lipinski definition) is 3. The zero-order valence-electron chi connectivity index (χ0n) is 10.8. The number of benzene rings is 1. The molecular formula is C15H15N3O. The van der Waals surface area contributed by atoms with Gasteiger partial charge in [-0.3, -0.25) is 4.79 Å². The Hall–Kier alpha value is -2.36. The Kier molecular flexibility index (Phi) is 2.91. The van der Waals surface area contributed by atoms with Crippen LogP contribution in [0.3, 0.4) is 0 Å². The highest BCUT2D eigenvalue weighted by molar-refractivity contribution is 5.93. The molecule has 4 nitrogen and oxygen atoms in total. The van der Waals surface area contributed by atoms with E-state index in [4.69, 9.17) is 0 Å². The molecule has 96 valence electrons. The minimum absolute atomic E-state index is 0.0201. The minimum atomic E-state index is -0.0201. The van der Waals surface area contributed by atoms with E-state index in [1.54, 1.807) is 13.1 Å². The van der Waals surface area contributed by atoms with Crippen LogP contribution >= 0.6 is 0 Å². The van der Waals surface area contributed by atoms with Crippen LogP contribution in [-0.2, 0) is 13.1 Å². The molecule has 2 aromatic rings. The average molecular weight is 253 g/mol. The molecule has 0 spiro atoms. The fraction of sp³-hybridized carbons (Fsp3) is 0.200. The normalized spacial score (nSPS) is 13.2. The van der Waals surface area contributed by atoms with Crippen LogP contribution in [0.4, 0.5) is 5.82 Å². The molecule has 0 saturated heterocycles. The Labute approximate surface area is 112 Å². The maximum Gasteiger partial charge on any atom is 0.273 e. The summed E-state index contributed by atoms with van der Waals surface area (Å²) in [5, 5.41) is 2.95. The summed E-state index contributed by atoms with van der Waals surface area (Å²) >= 11 is 0. The van der Waals surface area contributed by atoms with Crippen molar-refractivity contribution in [1.82, 2.24) is 9.88 Å². The van der Waals surface area contributed by atoms with Gasteiger partial charge in [0.25, 0.3) is 5.91 Å². The van der Waals surface area contributed by atoms with Crippen LogP contribution in [-0.4, -0.2) is 22.8 Å². The molecule has 4 heteroatoms. The molecule has 0 fully saturated rings. The van der Waals surface area contributed by atoms with Crippen LogP contribution in [0, 0.1) is 0 Å². The lowest BCUT2D eigenvalue weighted by atomic mass is 10.1. The smallest absolute Gasteiger partial charge is 0.273 e. The van der Waals surface area contributed by atoms with E-state index >= 15 is 0 Å². The second kappa shape index (κ2) is 4.72. The maximum atomic E-state index is 12.4. The summed E-state index contributed by atoms with van der Waals surface area (Å²) in [6.45, 7) is 1.33. The number of anilines is 1. The van der Waals surface area contributed by atoms with Crippen LogP contribution in [0.5, 0.6) is 0 Å². The molecule has 0 atom stereocenters. The van der Waals surface area contributed by atoms with E-state index in [0.717, 1.165) is 0 Å². The van der Waals surface area contributed by atoms with E-state index in [9.17, 15) is 4.79 Å². The molecule has 0 saturated carbocycles. The van der Waals surface area contributed by atoms with Crippen LogP contribution in [0.25, 0.3) is 0 Å². The third-order valence-corrected chi connectivity index (χ3v) is 3.35. The molecule has 1 aromatic carbocycles. The van der Waals surface area contributed by atoms with Gasteiger partial charge in [-0.25, -0.2) is 4.98 Å². The highest BCUT2D eigenvalue weighted by Gasteiger charge is 2.24. The number of pyridine rings is 1. The van der Waals surface area contributed by atoms with E-state index in [-0.39, 0.29) is 5.91 Å². The molecule has 1 aliphatic heterocycles. The largest absolute Gasteiger partial charge is 0.373 e. The van der Waals surface area contributed by atoms with Crippen molar-refractivity contribution in [3.05, 3.63) is 59.3 Å². The van der Waals surface area contributed by atoms with E-state index in [2.05, 4.69) is 22.4 Å². The van der Waals surface area contributed by atoms with Crippen molar-refractivity contribution in [2.45, 2.75) is 13.1 Å². The summed E-state index contributed by atoms with van der Waals surface area (Å²) in [7, 11) is 1.79. The van der Waals surface area contributed by atoms with Gasteiger partial charge in [0.15, 0.2) is 0 Å². The lowest BCUT2D eigenvalue weighted by Crippen LogP contribution is -2.26. The second-order valence-electron chi connectivity index (χ2n) is 4.59. The van der Waals surface area contributed by atoms with E-state index < -0.39 is 0 Å². The van der Waals surface area contributed by atoms with Gasteiger partial charge in [-0.05, 0) is 23.3 Å². The van der Waals surface area contributed by atoms with E-state index in [1.807, 2.05) is 29.2 Å². The Morgan fingerprint density at radius 1 is 1.11 bits per heavy atom. The molecular weight excluding hydrogens is 238 g/mol. The number of hydrogen-bond donors (Lipinski definition) is 1. The van der Waals surface area contributed by atoms with Crippen LogP contribution in [0.1, 0.15) is 21.6 Å². The molecule has 0 radical (unpaired) electrons. The monoisotopic (exact) mass is 253 g/mol. The van der Waals surface area contributed by atoms with Crippen molar-refractivity contribution < 1.29 is 4.79 Å². The Morgan fingerprint density at radius 3 is 2.42 bits per heavy atom. The number of aromatic nitrogens is 1. The third-order valence-electron chi connectivity index (χ3n) is 3.35. The second-order valence-corrected chi connectivity index (χ2v) is 4.59. The van der Waals surface area contributed by atoms with E-state index in [1.165, 1.54) is 11.1 Å². The molecule has 3 rings (SSSR count). The Balaban J connectivity index is 1.83. The van der Waals surface area contributed by atoms with Crippen molar-refractivity contribution in [2.24, 2.45) is 0 Å². The van der Waals surface area contributed by atoms with Crippen molar-refractivity contribution in [3.63, 3.8) is 0 Å². The lowest BCUT2D eigenvalue weighted by Gasteiger charge is -2.15. The highest BCUT2D eigenvalue weighted by atomic mass is 16.2. The maximum absolute atomic E-state index is 12.4. The molecule has 1 aromatic heterocycles. The molecule has 0 bridgehead atoms. The molecule has 1 aliphatic rings. The first kappa shape index (κ1) is 11.7. The molecule has 1 amide bonds. The number of amides is 1. The number of carbonyl (C=O) groups excluding carboxylic acids is 1. The number of rotatable bonds is 2. The van der Waals surface area contributed by atoms with Gasteiger partial charge in [-0.1, -0.05) is 30.3 Å². The van der Waals surface area contributed by atoms with Crippen molar-refractivity contribution in [3.8, 4) is 0 Å². The SMILES string of the molecule is CNc1cccc(C(=O)N2Cc3ccccc3C2)n1. The van der Waals surface area contributed by atoms with Crippen LogP contribution in [0.15, 0.2) is 42.5 Å². The molecule has 1 N–H and O–H groups in total. The van der Waals surface area contributed by atoms with Crippen LogP contribution in [0.2, 0.25) is 0 Å². The number of carbonyl (C=O) groups is 1. The summed E-state index contributed by atoms with van der Waals surface area (Å²) in [5.74, 6) is 0.691. The van der Waals surface area contributed by atoms with Crippen molar-refractivity contribution in [2.75, 3.05) is 12.4 Å². The van der Waals surface area contributed by atoms with Gasteiger partial charge in [0, 0.05) is 20.1 Å². The summed E-state index contributed by atoms with van der Waals surface area (Å²) in [5.41, 5.74) is 2.93. The van der Waals surface area contributed by atoms with E-state index in [0.29, 0.717) is 24.6 Å². The van der Waals surface area contributed by atoms with Gasteiger partial charge in [-0.2, -0.15) is 0 Å². The number of nitrogens with one attached hydrogen (secondary N) is 1. The van der Waals surface area contributed by atoms with Gasteiger partial charge in [0.2, 0.25) is 0 Å². The first-order valence-electron chi connectivity index (χ1n) is 6.29. The van der Waals surface area contributed by atoms with Gasteiger partial charge in [0.1, 0.15) is 11.5 Å². The van der Waals surface area contributed by atoms with Crippen molar-refractivity contribution in [1.29, 1.82) is 0 Å². The molecule has 0 unspecified atom stereocenters. The summed E-state index contributed by atoms with van der Waals surface area (Å²) in [4.78, 5) is 18.5. The minimum Gasteiger partial charge on any atom is -0.373 e. The summed E-state index contributed by atoms with van der Waals surface area (Å²) in [6, 6.07) is 13.6. The van der Waals surface area contributed by atoms with Crippen LogP contribution < -0.4 is 5.32 Å². The number of fused-ring (bicyclic) bond motifs is 1. The van der Waals surface area contributed by atoms with Gasteiger partial charge in [-0.15, -0.1) is 0 Å². The Morgan fingerprint density at radius 2 is 1.79 bits per heavy atom. The molecule has 2 heterocycles. The van der Waals surface area contributed by atoms with Gasteiger partial charge >= 0.3 is 0 Å². The predicted octanol–water partition coefficient (Wildman–Crippen LogP) is 2.28. The fourth-order valence-electron chi connectivity index (χ4n) is 2.33. The predicted molar refractivity (Wildman–Crippen MR) is 73.8 cm³/mol. The Bertz CT molecular complexity index is 599. The molecule has 0 aliphatic carbocycles. The lowest BCUT2D eigenvalue weighted by molar-refractivity contribution is 0.0745. The fourth-order valence-corrected chi connectivity index (χ4v) is 2.33. The van der Waals surface area contributed by atoms with Gasteiger partial charge in [0.05, 0.1) is 0 Å². The summed E-state index contributed by atoms with van der Waals surface area (Å²) in [6.07, 6.45) is 0. The average Bonchev–Trinajstić information content (AvgIpc) is 2.90. The summed E-state index contributed by atoms with van der Waals surface area (Å²) < 4.78 is 0. The zero-order valence-corrected chi connectivity index (χ0v) is 10.8. The highest BCUT2D eigenvalue weighted by Crippen LogP contribution is 2.23. The van der Waals surface area contributed by atoms with Crippen molar-refractivity contribution >= 4 is 11.7 Å². The standard InChI is InChI=1S/C15H15N3O/c1-16-14-8-4-7-13(17-14)15(19)18-9-11-5-2-3-6-12(11)10-18/h2-8H,9-10H2,1H3,(H,16,17). The van der Waals surface area contributed by atoms with Gasteiger partial charge < -0.3 is 10.2 Å². The zero-order chi connectivity index (χ0) is 13.2. The quantitative estimate of drug-likeness (QED) is 0.893. The first-order valence-corrected chi connectivity index (χ1v) is 6.29. The first-order chi connectivity index (χ1) is 9.28. The number of nitrogens with zero attached hydrogens (tertiary/aromatic N) is 2. The molecule has 19 heavy (non-hydrogen) atoms. The third kappa shape index (κ3) is 2.17. The topological polar surface area (TPSA) is 45.2 Å².